The van der Waals surface area contributed by atoms with Gasteiger partial charge in [0.25, 0.3) is 0 Å². The SMILES string of the molecule is COc1ccc(C[C@@H]2NC(=O)[C@H](C)NC(=O)[C@H](CCC(N)=O)NC(=O)[C@H](Cc3c[nH]c4ccccc34)NC(=O)[C@H](C(C)O)NC(=O)[C@H](CC(N)=O)NC(=O)C(NC(C)=O)CCCCNC(=O)C[C@H](C(=O)N[C@@H](C)C(=O)N[C@@H](CC(N)=O)C(=O)O)NC(=O)C(C)(C)NC(=O)[C@H](Cc3ccc4ccccc4c3)NC2=O)cc1. The molecular weight excluding hydrogens is 1430 g/mol. The van der Waals surface area contributed by atoms with Crippen LogP contribution in [-0.4, -0.2) is 207 Å². The molecule has 0 radical (unpaired) electrons. The number of ether oxygens (including phenoxy) is 1. The number of aromatic nitrogens is 1. The topological polar surface area (TPSA) is 590 Å². The predicted octanol–water partition coefficient (Wildman–Crippen LogP) is -4.18. The van der Waals surface area contributed by atoms with Gasteiger partial charge >= 0.3 is 5.97 Å². The maximum atomic E-state index is 15.1. The number of carbonyl (C=O) groups excluding carboxylic acids is 16. The summed E-state index contributed by atoms with van der Waals surface area (Å²) in [6, 6.07) is 6.53. The van der Waals surface area contributed by atoms with Crippen LogP contribution < -0.4 is 91.1 Å². The fourth-order valence-electron chi connectivity index (χ4n) is 11.7. The van der Waals surface area contributed by atoms with Gasteiger partial charge in [0, 0.05) is 56.3 Å². The lowest BCUT2D eigenvalue weighted by atomic mass is 9.98. The number of fused-ring (bicyclic) bond motifs is 2. The summed E-state index contributed by atoms with van der Waals surface area (Å²) in [5.74, 6) is -18.4. The number of hydrogen-bond donors (Lipinski definition) is 19. The van der Waals surface area contributed by atoms with Crippen molar-refractivity contribution in [3.8, 4) is 5.75 Å². The van der Waals surface area contributed by atoms with E-state index >= 15 is 9.59 Å². The summed E-state index contributed by atoms with van der Waals surface area (Å²) in [6.07, 6.45) is -5.11. The Labute approximate surface area is 631 Å². The van der Waals surface area contributed by atoms with Crippen LogP contribution in [0.4, 0.5) is 0 Å². The predicted molar refractivity (Wildman–Crippen MR) is 394 cm³/mol. The van der Waals surface area contributed by atoms with Gasteiger partial charge in [-0.15, -0.1) is 0 Å². The van der Waals surface area contributed by atoms with E-state index in [-0.39, 0.29) is 45.1 Å². The van der Waals surface area contributed by atoms with Gasteiger partial charge in [-0.1, -0.05) is 72.8 Å². The Morgan fingerprint density at radius 3 is 1.84 bits per heavy atom. The van der Waals surface area contributed by atoms with Gasteiger partial charge in [0.05, 0.1) is 32.5 Å². The number of carboxylic acids is 1. The van der Waals surface area contributed by atoms with E-state index < -0.39 is 211 Å². The second-order valence-corrected chi connectivity index (χ2v) is 27.2. The van der Waals surface area contributed by atoms with Crippen LogP contribution in [0.3, 0.4) is 0 Å². The standard InChI is InChI=1S/C73H95N17O20/c1-36-61(97)83-50(29-40-20-23-45(110-7)24-21-40)66(102)84-51(30-41-19-22-42-14-8-9-15-43(42)28-41)69(105)90-73(5,6)72(109)88-54(65(101)80-37(2)62(98)87-55(71(107)108)33-58(76)95)34-59(96)77-27-13-12-18-48(81-39(4)92)64(100)85-53(32-57(75)94)68(104)89-60(38(3)91)70(106)86-52(31-44-35-78-47-17-11-10-16-46(44)47)67(103)82-49(63(99)79-36)25-26-56(74)93/h8-11,14-17,19-24,28,35-38,48-55,60,78,91H,12-13,18,25-27,29-34H2,1-7H3,(H2,74,93)(H2,75,94)(H2,76,95)(H,77,96)(H,79,99)(H,80,101)(H,81,92)(H,82,103)(H,83,97)(H,84,102)(H,85,100)(H,86,106)(H,87,98)(H,88,109)(H,89,104)(H,90,105)(H,107,108)/t36-,37-,38?,48?,49-,50-,51-,52-,53-,54+,55-,60-/m0/s1. The van der Waals surface area contributed by atoms with Crippen LogP contribution in [0.25, 0.3) is 21.7 Å². The fourth-order valence-corrected chi connectivity index (χ4v) is 11.7. The molecule has 0 bridgehead atoms. The molecule has 2 heterocycles. The van der Waals surface area contributed by atoms with Crippen molar-refractivity contribution in [2.75, 3.05) is 13.7 Å². The van der Waals surface area contributed by atoms with Gasteiger partial charge in [-0.2, -0.15) is 0 Å². The summed E-state index contributed by atoms with van der Waals surface area (Å²) in [4.78, 5) is 237. The maximum absolute atomic E-state index is 15.1. The van der Waals surface area contributed by atoms with Crippen molar-refractivity contribution in [2.45, 2.75) is 190 Å². The molecular formula is C73H95N17O20. The van der Waals surface area contributed by atoms with E-state index in [1.165, 1.54) is 34.1 Å². The quantitative estimate of drug-likeness (QED) is 0.0331. The van der Waals surface area contributed by atoms with Crippen molar-refractivity contribution in [3.05, 3.63) is 114 Å². The molecule has 2 unspecified atom stereocenters. The Balaban J connectivity index is 1.43. The monoisotopic (exact) mass is 1530 g/mol. The largest absolute Gasteiger partial charge is 0.497 e. The average Bonchev–Trinajstić information content (AvgIpc) is 1.58. The zero-order valence-electron chi connectivity index (χ0n) is 61.6. The number of aliphatic hydroxyl groups is 1. The van der Waals surface area contributed by atoms with E-state index in [0.29, 0.717) is 33.3 Å². The van der Waals surface area contributed by atoms with Crippen LogP contribution in [0.1, 0.15) is 110 Å². The molecule has 22 N–H and O–H groups in total. The highest BCUT2D eigenvalue weighted by molar-refractivity contribution is 6.02. The van der Waals surface area contributed by atoms with E-state index in [4.69, 9.17) is 21.9 Å². The molecule has 110 heavy (non-hydrogen) atoms. The first-order valence-electron chi connectivity index (χ1n) is 35.2. The number of aliphatic hydroxyl groups excluding tert-OH is 1. The van der Waals surface area contributed by atoms with Gasteiger partial charge in [-0.05, 0) is 106 Å². The lowest BCUT2D eigenvalue weighted by Gasteiger charge is -2.31. The van der Waals surface area contributed by atoms with Crippen LogP contribution >= 0.6 is 0 Å². The molecule has 12 atom stereocenters. The Bertz CT molecular complexity index is 4260. The lowest BCUT2D eigenvalue weighted by Crippen LogP contribution is -2.63. The Morgan fingerprint density at radius 2 is 1.20 bits per heavy atom. The first kappa shape index (κ1) is 86.4. The number of amides is 16. The van der Waals surface area contributed by atoms with Gasteiger partial charge in [0.2, 0.25) is 94.5 Å². The van der Waals surface area contributed by atoms with Crippen LogP contribution in [0.15, 0.2) is 97.2 Å². The van der Waals surface area contributed by atoms with Gasteiger partial charge in [0.1, 0.15) is 77.7 Å². The van der Waals surface area contributed by atoms with E-state index in [0.717, 1.165) is 31.5 Å². The minimum absolute atomic E-state index is 0.00705. The minimum atomic E-state index is -2.09. The number of aromatic amines is 1. The fraction of sp³-hybridized carbons (Fsp3) is 0.438. The molecule has 37 nitrogen and oxygen atoms in total. The zero-order chi connectivity index (χ0) is 81.3. The molecule has 5 aromatic rings. The molecule has 592 valence electrons. The van der Waals surface area contributed by atoms with E-state index in [9.17, 15) is 82.1 Å². The number of H-pyrrole nitrogens is 1. The summed E-state index contributed by atoms with van der Waals surface area (Å²) in [7, 11) is 1.42. The molecule has 4 aromatic carbocycles. The van der Waals surface area contributed by atoms with Crippen molar-refractivity contribution in [1.82, 2.24) is 74.1 Å². The van der Waals surface area contributed by atoms with Crippen molar-refractivity contribution in [2.24, 2.45) is 17.2 Å². The summed E-state index contributed by atoms with van der Waals surface area (Å²) in [5.41, 5.74) is 16.1. The average molecular weight is 1530 g/mol. The number of aliphatic carboxylic acids is 1. The third-order valence-corrected chi connectivity index (χ3v) is 17.7. The maximum Gasteiger partial charge on any atom is 0.326 e. The molecule has 1 aliphatic rings. The zero-order valence-corrected chi connectivity index (χ0v) is 61.6. The number of benzene rings is 4. The van der Waals surface area contributed by atoms with Crippen LogP contribution in [0.2, 0.25) is 0 Å². The Hall–Kier alpha value is -12.6. The number of para-hydroxylation sites is 1. The second kappa shape index (κ2) is 40.4. The van der Waals surface area contributed by atoms with E-state index in [2.05, 4.69) is 74.1 Å². The number of primary amides is 3. The van der Waals surface area contributed by atoms with Gasteiger partial charge in [-0.3, -0.25) is 76.7 Å². The van der Waals surface area contributed by atoms with E-state index in [1.807, 2.05) is 6.07 Å². The number of methoxy groups -OCH3 is 1. The number of nitrogens with two attached hydrogens (primary N) is 3. The van der Waals surface area contributed by atoms with Crippen LogP contribution in [0, 0.1) is 0 Å². The van der Waals surface area contributed by atoms with E-state index in [1.54, 1.807) is 84.9 Å². The number of hydrogen-bond acceptors (Lipinski definition) is 19. The molecule has 0 aliphatic carbocycles. The van der Waals surface area contributed by atoms with Gasteiger partial charge < -0.3 is 106 Å². The first-order valence-corrected chi connectivity index (χ1v) is 35.2. The summed E-state index contributed by atoms with van der Waals surface area (Å²) < 4.78 is 5.34. The van der Waals surface area contributed by atoms with Gasteiger partial charge in [0.15, 0.2) is 0 Å². The first-order chi connectivity index (χ1) is 51.9. The molecule has 1 aromatic heterocycles. The number of carbonyl (C=O) groups is 17. The molecule has 1 saturated heterocycles. The molecule has 37 heteroatoms. The van der Waals surface area contributed by atoms with Gasteiger partial charge in [-0.25, -0.2) is 4.79 Å². The van der Waals surface area contributed by atoms with Crippen molar-refractivity contribution in [3.63, 3.8) is 0 Å². The minimum Gasteiger partial charge on any atom is -0.497 e. The highest BCUT2D eigenvalue weighted by Crippen LogP contribution is 2.22. The number of nitrogens with one attached hydrogen (secondary N) is 14. The van der Waals surface area contributed by atoms with Crippen LogP contribution in [0.5, 0.6) is 5.75 Å². The lowest BCUT2D eigenvalue weighted by molar-refractivity contribution is -0.143. The summed E-state index contributed by atoms with van der Waals surface area (Å²) >= 11 is 0. The Kier molecular flexibility index (Phi) is 31.7. The van der Waals surface area contributed by atoms with Crippen molar-refractivity contribution < 1.29 is 96.5 Å². The smallest absolute Gasteiger partial charge is 0.326 e. The molecule has 16 amide bonds. The Morgan fingerprint density at radius 1 is 0.618 bits per heavy atom. The number of rotatable bonds is 21. The normalized spacial score (nSPS) is 22.3. The molecule has 1 aliphatic heterocycles. The molecule has 0 spiro atoms. The number of carboxylic acid groups (broad SMARTS) is 1. The summed E-state index contributed by atoms with van der Waals surface area (Å²) in [6.45, 7) is 6.69. The second-order valence-electron chi connectivity index (χ2n) is 27.2. The molecule has 1 fully saturated rings. The third kappa shape index (κ3) is 26.4. The highest BCUT2D eigenvalue weighted by Gasteiger charge is 2.40. The molecule has 0 saturated carbocycles. The van der Waals surface area contributed by atoms with Crippen LogP contribution in [-0.2, 0) is 101 Å². The van der Waals surface area contributed by atoms with Crippen molar-refractivity contribution in [1.29, 1.82) is 0 Å². The highest BCUT2D eigenvalue weighted by atomic mass is 16.5. The summed E-state index contributed by atoms with van der Waals surface area (Å²) in [5, 5.41) is 54.7. The third-order valence-electron chi connectivity index (χ3n) is 17.7. The molecule has 6 rings (SSSR count). The van der Waals surface area contributed by atoms with Crippen molar-refractivity contribution >= 4 is 122 Å².